The van der Waals surface area contributed by atoms with E-state index in [4.69, 9.17) is 4.94 Å². The maximum atomic E-state index is 13.1. The Morgan fingerprint density at radius 3 is 2.96 bits per heavy atom. The van der Waals surface area contributed by atoms with Crippen LogP contribution in [0.1, 0.15) is 19.5 Å². The summed E-state index contributed by atoms with van der Waals surface area (Å²) in [6.07, 6.45) is 1.21. The molecule has 0 aliphatic heterocycles. The maximum absolute atomic E-state index is 13.1. The third-order valence-corrected chi connectivity index (χ3v) is 3.20. The number of hydrogen-bond donors (Lipinski definition) is 2. The largest absolute Gasteiger partial charge is 0.306 e. The molecule has 10 heteroatoms. The second-order valence-corrected chi connectivity index (χ2v) is 5.55. The van der Waals surface area contributed by atoms with Gasteiger partial charge in [0, 0.05) is 5.92 Å². The lowest BCUT2D eigenvalue weighted by Crippen LogP contribution is -2.18. The molecule has 23 heavy (non-hydrogen) atoms. The molecule has 122 valence electrons. The highest BCUT2D eigenvalue weighted by molar-refractivity contribution is 9.10. The van der Waals surface area contributed by atoms with Crippen molar-refractivity contribution in [2.24, 2.45) is 11.1 Å². The number of halogens is 2. The molecule has 1 aromatic heterocycles. The van der Waals surface area contributed by atoms with Crippen LogP contribution in [0.3, 0.4) is 0 Å². The first-order valence-electron chi connectivity index (χ1n) is 6.51. The third-order valence-electron chi connectivity index (χ3n) is 2.59. The molecule has 0 aliphatic carbocycles. The van der Waals surface area contributed by atoms with E-state index in [1.165, 1.54) is 24.4 Å². The Hall–Kier alpha value is -2.49. The number of nitrogens with zero attached hydrogens (tertiary/aromatic N) is 3. The first kappa shape index (κ1) is 16.9. The molecule has 2 N–H and O–H groups in total. The second-order valence-electron chi connectivity index (χ2n) is 4.70. The SMILES string of the molecule is CC(C)C(=O)Nc1nonc1/C=N/ONc1ccc(F)c(Br)c1. The summed E-state index contributed by atoms with van der Waals surface area (Å²) >= 11 is 3.05. The van der Waals surface area contributed by atoms with Gasteiger partial charge in [-0.3, -0.25) is 9.73 Å². The summed E-state index contributed by atoms with van der Waals surface area (Å²) in [4.78, 5) is 16.4. The summed E-state index contributed by atoms with van der Waals surface area (Å²) < 4.78 is 17.9. The fourth-order valence-electron chi connectivity index (χ4n) is 1.34. The summed E-state index contributed by atoms with van der Waals surface area (Å²) in [7, 11) is 0. The summed E-state index contributed by atoms with van der Waals surface area (Å²) in [5.41, 5.74) is 3.18. The zero-order chi connectivity index (χ0) is 16.8. The molecule has 0 saturated carbocycles. The van der Waals surface area contributed by atoms with Gasteiger partial charge in [-0.1, -0.05) is 19.0 Å². The minimum Gasteiger partial charge on any atom is -0.306 e. The van der Waals surface area contributed by atoms with Crippen LogP contribution in [0, 0.1) is 11.7 Å². The average Bonchev–Trinajstić information content (AvgIpc) is 2.94. The van der Waals surface area contributed by atoms with Crippen molar-refractivity contribution in [3.63, 3.8) is 0 Å². The average molecular weight is 386 g/mol. The van der Waals surface area contributed by atoms with Crippen molar-refractivity contribution in [1.82, 2.24) is 10.3 Å². The highest BCUT2D eigenvalue weighted by Crippen LogP contribution is 2.19. The number of nitrogens with one attached hydrogen (secondary N) is 2. The van der Waals surface area contributed by atoms with E-state index in [9.17, 15) is 9.18 Å². The smallest absolute Gasteiger partial charge is 0.228 e. The van der Waals surface area contributed by atoms with Gasteiger partial charge in [0.25, 0.3) is 0 Å². The number of anilines is 2. The number of benzene rings is 1. The van der Waals surface area contributed by atoms with Crippen LogP contribution < -0.4 is 10.8 Å². The van der Waals surface area contributed by atoms with Crippen molar-refractivity contribution in [2.45, 2.75) is 13.8 Å². The molecule has 8 nitrogen and oxygen atoms in total. The Morgan fingerprint density at radius 2 is 2.26 bits per heavy atom. The van der Waals surface area contributed by atoms with E-state index in [2.05, 4.69) is 46.8 Å². The highest BCUT2D eigenvalue weighted by atomic mass is 79.9. The predicted molar refractivity (Wildman–Crippen MR) is 84.2 cm³/mol. The van der Waals surface area contributed by atoms with Gasteiger partial charge in [-0.2, -0.15) is 5.48 Å². The van der Waals surface area contributed by atoms with Gasteiger partial charge < -0.3 is 5.32 Å². The van der Waals surface area contributed by atoms with Crippen molar-refractivity contribution < 1.29 is 18.8 Å². The topological polar surface area (TPSA) is 102 Å². The van der Waals surface area contributed by atoms with Crippen LogP contribution in [0.5, 0.6) is 0 Å². The molecule has 1 heterocycles. The van der Waals surface area contributed by atoms with E-state index < -0.39 is 5.82 Å². The van der Waals surface area contributed by atoms with Crippen molar-refractivity contribution in [2.75, 3.05) is 10.8 Å². The third kappa shape index (κ3) is 4.74. The van der Waals surface area contributed by atoms with Gasteiger partial charge in [-0.05, 0) is 44.4 Å². The Labute approximate surface area is 139 Å². The van der Waals surface area contributed by atoms with Gasteiger partial charge in [-0.25, -0.2) is 9.02 Å². The molecule has 1 amide bonds. The summed E-state index contributed by atoms with van der Waals surface area (Å²) in [6.45, 7) is 3.48. The van der Waals surface area contributed by atoms with Crippen LogP contribution >= 0.6 is 15.9 Å². The van der Waals surface area contributed by atoms with Crippen molar-refractivity contribution in [3.8, 4) is 0 Å². The zero-order valence-electron chi connectivity index (χ0n) is 12.2. The van der Waals surface area contributed by atoms with E-state index in [0.717, 1.165) is 0 Å². The van der Waals surface area contributed by atoms with Gasteiger partial charge in [-0.15, -0.1) is 0 Å². The van der Waals surface area contributed by atoms with Crippen molar-refractivity contribution in [1.29, 1.82) is 0 Å². The van der Waals surface area contributed by atoms with Gasteiger partial charge >= 0.3 is 0 Å². The Bertz CT molecular complexity index is 719. The van der Waals surface area contributed by atoms with E-state index in [1.807, 2.05) is 0 Å². The lowest BCUT2D eigenvalue weighted by atomic mass is 10.2. The Morgan fingerprint density at radius 1 is 1.48 bits per heavy atom. The van der Waals surface area contributed by atoms with Crippen LogP contribution in [0.15, 0.2) is 32.5 Å². The predicted octanol–water partition coefficient (Wildman–Crippen LogP) is 2.94. The lowest BCUT2D eigenvalue weighted by molar-refractivity contribution is -0.118. The van der Waals surface area contributed by atoms with Crippen LogP contribution in [0.25, 0.3) is 0 Å². The summed E-state index contributed by atoms with van der Waals surface area (Å²) in [5.74, 6) is -0.698. The number of aromatic nitrogens is 2. The molecule has 0 spiro atoms. The minimum absolute atomic E-state index is 0.139. The lowest BCUT2D eigenvalue weighted by Gasteiger charge is -2.04. The molecule has 0 saturated heterocycles. The highest BCUT2D eigenvalue weighted by Gasteiger charge is 2.14. The van der Waals surface area contributed by atoms with E-state index in [-0.39, 0.29) is 27.8 Å². The minimum atomic E-state index is -0.391. The van der Waals surface area contributed by atoms with E-state index in [1.54, 1.807) is 13.8 Å². The molecular weight excluding hydrogens is 373 g/mol. The first-order chi connectivity index (χ1) is 11.0. The number of carbonyl (C=O) groups is 1. The molecular formula is C13H13BrFN5O3. The van der Waals surface area contributed by atoms with Crippen LogP contribution in [0.2, 0.25) is 0 Å². The number of hydrogen-bond acceptors (Lipinski definition) is 7. The fourth-order valence-corrected chi connectivity index (χ4v) is 1.72. The second kappa shape index (κ2) is 7.68. The Balaban J connectivity index is 1.92. The quantitative estimate of drug-likeness (QED) is 0.585. The monoisotopic (exact) mass is 385 g/mol. The number of amides is 1. The van der Waals surface area contributed by atoms with E-state index >= 15 is 0 Å². The summed E-state index contributed by atoms with van der Waals surface area (Å²) in [6, 6.07) is 4.22. The van der Waals surface area contributed by atoms with Crippen LogP contribution in [-0.4, -0.2) is 22.4 Å². The molecule has 0 aliphatic rings. The van der Waals surface area contributed by atoms with Crippen molar-refractivity contribution in [3.05, 3.63) is 34.2 Å². The standard InChI is InChI=1S/C13H13BrFN5O3/c1-7(2)13(21)17-12-11(19-23-20-12)6-16-22-18-8-3-4-10(15)9(14)5-8/h3-7,18H,1-2H3,(H,17,20,21)/b16-6+. The molecule has 0 fully saturated rings. The van der Waals surface area contributed by atoms with Crippen LogP contribution in [-0.2, 0) is 9.73 Å². The molecule has 2 rings (SSSR count). The molecule has 0 radical (unpaired) electrons. The first-order valence-corrected chi connectivity index (χ1v) is 7.30. The van der Waals surface area contributed by atoms with Crippen molar-refractivity contribution >= 4 is 39.6 Å². The van der Waals surface area contributed by atoms with E-state index in [0.29, 0.717) is 5.69 Å². The van der Waals surface area contributed by atoms with Crippen LogP contribution in [0.4, 0.5) is 15.9 Å². The van der Waals surface area contributed by atoms with Gasteiger partial charge in [0.15, 0.2) is 5.69 Å². The normalized spacial score (nSPS) is 11.0. The zero-order valence-corrected chi connectivity index (χ0v) is 13.8. The molecule has 1 aromatic carbocycles. The number of oxime groups is 1. The molecule has 0 atom stereocenters. The molecule has 0 bridgehead atoms. The van der Waals surface area contributed by atoms with Gasteiger partial charge in [0.05, 0.1) is 10.2 Å². The summed E-state index contributed by atoms with van der Waals surface area (Å²) in [5, 5.41) is 13.3. The van der Waals surface area contributed by atoms with Gasteiger partial charge in [0.1, 0.15) is 12.0 Å². The molecule has 2 aromatic rings. The Kier molecular flexibility index (Phi) is 5.63. The number of carbonyl (C=O) groups excluding carboxylic acids is 1. The molecule has 0 unspecified atom stereocenters. The maximum Gasteiger partial charge on any atom is 0.228 e. The van der Waals surface area contributed by atoms with Gasteiger partial charge in [0.2, 0.25) is 11.7 Å². The fraction of sp³-hybridized carbons (Fsp3) is 0.231. The number of rotatable bonds is 6.